The number of carboxylic acid groups (broad SMARTS) is 1. The predicted molar refractivity (Wildman–Crippen MR) is 70.6 cm³/mol. The summed E-state index contributed by atoms with van der Waals surface area (Å²) in [6.07, 6.45) is 0. The molecular formula is C14H19NO4. The van der Waals surface area contributed by atoms with Gasteiger partial charge in [-0.25, -0.2) is 0 Å². The highest BCUT2D eigenvalue weighted by atomic mass is 16.6. The predicted octanol–water partition coefficient (Wildman–Crippen LogP) is 1.61. The Morgan fingerprint density at radius 1 is 1.37 bits per heavy atom. The molecule has 1 atom stereocenters. The van der Waals surface area contributed by atoms with Gasteiger partial charge in [0.25, 0.3) is 0 Å². The van der Waals surface area contributed by atoms with Crippen LogP contribution in [0.15, 0.2) is 18.2 Å². The number of rotatable bonds is 5. The summed E-state index contributed by atoms with van der Waals surface area (Å²) >= 11 is 0. The molecule has 0 aliphatic carbocycles. The van der Waals surface area contributed by atoms with Gasteiger partial charge in [0.15, 0.2) is 11.5 Å². The van der Waals surface area contributed by atoms with Crippen molar-refractivity contribution in [3.8, 4) is 11.5 Å². The van der Waals surface area contributed by atoms with Crippen LogP contribution in [-0.2, 0) is 11.3 Å². The zero-order valence-corrected chi connectivity index (χ0v) is 11.3. The molecule has 1 unspecified atom stereocenters. The SMILES string of the molecule is CC(CN(C)Cc1ccc2c(c1)OCCO2)C(=O)O. The quantitative estimate of drug-likeness (QED) is 0.876. The van der Waals surface area contributed by atoms with Crippen LogP contribution in [0.3, 0.4) is 0 Å². The summed E-state index contributed by atoms with van der Waals surface area (Å²) in [6, 6.07) is 5.84. The van der Waals surface area contributed by atoms with Crippen LogP contribution in [0.1, 0.15) is 12.5 Å². The van der Waals surface area contributed by atoms with Crippen molar-refractivity contribution in [2.45, 2.75) is 13.5 Å². The van der Waals surface area contributed by atoms with E-state index in [-0.39, 0.29) is 5.92 Å². The molecule has 0 radical (unpaired) electrons. The fraction of sp³-hybridized carbons (Fsp3) is 0.500. The molecule has 104 valence electrons. The van der Waals surface area contributed by atoms with E-state index in [1.807, 2.05) is 30.1 Å². The zero-order chi connectivity index (χ0) is 13.8. The minimum atomic E-state index is -0.769. The summed E-state index contributed by atoms with van der Waals surface area (Å²) in [6.45, 7) is 4.07. The van der Waals surface area contributed by atoms with E-state index in [4.69, 9.17) is 14.6 Å². The Balaban J connectivity index is 1.97. The third-order valence-corrected chi connectivity index (χ3v) is 3.07. The summed E-state index contributed by atoms with van der Waals surface area (Å²) in [4.78, 5) is 12.8. The van der Waals surface area contributed by atoms with E-state index in [9.17, 15) is 4.79 Å². The number of aliphatic carboxylic acids is 1. The van der Waals surface area contributed by atoms with Crippen LogP contribution in [0, 0.1) is 5.92 Å². The van der Waals surface area contributed by atoms with Crippen molar-refractivity contribution < 1.29 is 19.4 Å². The molecule has 5 heteroatoms. The second-order valence-electron chi connectivity index (χ2n) is 4.91. The van der Waals surface area contributed by atoms with E-state index in [0.717, 1.165) is 17.1 Å². The first-order valence-electron chi connectivity index (χ1n) is 6.36. The Labute approximate surface area is 112 Å². The molecule has 1 heterocycles. The molecule has 0 aromatic heterocycles. The first-order valence-corrected chi connectivity index (χ1v) is 6.36. The van der Waals surface area contributed by atoms with E-state index in [1.54, 1.807) is 6.92 Å². The molecule has 1 aliphatic rings. The maximum atomic E-state index is 10.8. The molecule has 0 amide bonds. The lowest BCUT2D eigenvalue weighted by molar-refractivity contribution is -0.141. The molecule has 5 nitrogen and oxygen atoms in total. The third kappa shape index (κ3) is 3.61. The van der Waals surface area contributed by atoms with Crippen LogP contribution >= 0.6 is 0 Å². The van der Waals surface area contributed by atoms with E-state index < -0.39 is 5.97 Å². The van der Waals surface area contributed by atoms with Crippen LogP contribution in [0.2, 0.25) is 0 Å². The lowest BCUT2D eigenvalue weighted by Gasteiger charge is -2.22. The van der Waals surface area contributed by atoms with Gasteiger partial charge in [0.05, 0.1) is 5.92 Å². The maximum Gasteiger partial charge on any atom is 0.307 e. The number of hydrogen-bond donors (Lipinski definition) is 1. The first-order chi connectivity index (χ1) is 9.06. The topological polar surface area (TPSA) is 59.0 Å². The van der Waals surface area contributed by atoms with E-state index >= 15 is 0 Å². The Hall–Kier alpha value is -1.75. The smallest absolute Gasteiger partial charge is 0.307 e. The zero-order valence-electron chi connectivity index (χ0n) is 11.3. The number of ether oxygens (including phenoxy) is 2. The van der Waals surface area contributed by atoms with Crippen LogP contribution in [-0.4, -0.2) is 42.8 Å². The van der Waals surface area contributed by atoms with Gasteiger partial charge in [0, 0.05) is 13.1 Å². The summed E-state index contributed by atoms with van der Waals surface area (Å²) in [5.74, 6) is 0.399. The van der Waals surface area contributed by atoms with Crippen LogP contribution in [0.5, 0.6) is 11.5 Å². The average molecular weight is 265 g/mol. The van der Waals surface area contributed by atoms with Gasteiger partial charge in [-0.15, -0.1) is 0 Å². The minimum absolute atomic E-state index is 0.373. The van der Waals surface area contributed by atoms with Gasteiger partial charge in [-0.05, 0) is 24.7 Å². The molecule has 0 spiro atoms. The van der Waals surface area contributed by atoms with Gasteiger partial charge < -0.3 is 19.5 Å². The Morgan fingerprint density at radius 3 is 2.74 bits per heavy atom. The number of carboxylic acids is 1. The molecule has 0 saturated carbocycles. The summed E-state index contributed by atoms with van der Waals surface area (Å²) < 4.78 is 11.0. The standard InChI is InChI=1S/C14H19NO4/c1-10(14(16)17)8-15(2)9-11-3-4-12-13(7-11)19-6-5-18-12/h3-4,7,10H,5-6,8-9H2,1-2H3,(H,16,17). The molecule has 0 saturated heterocycles. The van der Waals surface area contributed by atoms with Crippen molar-refractivity contribution in [3.05, 3.63) is 23.8 Å². The molecular weight excluding hydrogens is 246 g/mol. The van der Waals surface area contributed by atoms with E-state index in [0.29, 0.717) is 26.3 Å². The molecule has 1 aliphatic heterocycles. The third-order valence-electron chi connectivity index (χ3n) is 3.07. The number of benzene rings is 1. The van der Waals surface area contributed by atoms with Crippen LogP contribution in [0.4, 0.5) is 0 Å². The molecule has 1 aromatic rings. The summed E-state index contributed by atoms with van der Waals surface area (Å²) in [5.41, 5.74) is 1.09. The van der Waals surface area contributed by atoms with Crippen molar-refractivity contribution in [2.75, 3.05) is 26.8 Å². The van der Waals surface area contributed by atoms with Crippen molar-refractivity contribution in [1.82, 2.24) is 4.90 Å². The average Bonchev–Trinajstić information content (AvgIpc) is 2.38. The van der Waals surface area contributed by atoms with E-state index in [1.165, 1.54) is 0 Å². The second kappa shape index (κ2) is 5.93. The highest BCUT2D eigenvalue weighted by Crippen LogP contribution is 2.31. The number of fused-ring (bicyclic) bond motifs is 1. The largest absolute Gasteiger partial charge is 0.486 e. The molecule has 1 aromatic carbocycles. The monoisotopic (exact) mass is 265 g/mol. The van der Waals surface area contributed by atoms with Gasteiger partial charge >= 0.3 is 5.97 Å². The van der Waals surface area contributed by atoms with E-state index in [2.05, 4.69) is 0 Å². The second-order valence-corrected chi connectivity index (χ2v) is 4.91. The van der Waals surface area contributed by atoms with Gasteiger partial charge in [0.2, 0.25) is 0 Å². The van der Waals surface area contributed by atoms with Crippen molar-refractivity contribution in [1.29, 1.82) is 0 Å². The molecule has 0 fully saturated rings. The highest BCUT2D eigenvalue weighted by Gasteiger charge is 2.15. The minimum Gasteiger partial charge on any atom is -0.486 e. The van der Waals surface area contributed by atoms with Crippen LogP contribution in [0.25, 0.3) is 0 Å². The summed E-state index contributed by atoms with van der Waals surface area (Å²) in [7, 11) is 1.91. The number of nitrogens with zero attached hydrogens (tertiary/aromatic N) is 1. The van der Waals surface area contributed by atoms with Crippen molar-refractivity contribution in [3.63, 3.8) is 0 Å². The number of hydrogen-bond acceptors (Lipinski definition) is 4. The van der Waals surface area contributed by atoms with Gasteiger partial charge in [0.1, 0.15) is 13.2 Å². The Kier molecular flexibility index (Phi) is 4.27. The molecule has 1 N–H and O–H groups in total. The lowest BCUT2D eigenvalue weighted by atomic mass is 10.1. The van der Waals surface area contributed by atoms with Gasteiger partial charge in [-0.2, -0.15) is 0 Å². The molecule has 19 heavy (non-hydrogen) atoms. The summed E-state index contributed by atoms with van der Waals surface area (Å²) in [5, 5.41) is 8.89. The number of carbonyl (C=O) groups is 1. The fourth-order valence-electron chi connectivity index (χ4n) is 2.11. The highest BCUT2D eigenvalue weighted by molar-refractivity contribution is 5.69. The molecule has 2 rings (SSSR count). The van der Waals surface area contributed by atoms with Crippen LogP contribution < -0.4 is 9.47 Å². The lowest BCUT2D eigenvalue weighted by Crippen LogP contribution is -2.28. The van der Waals surface area contributed by atoms with Gasteiger partial charge in [-0.1, -0.05) is 13.0 Å². The molecule has 0 bridgehead atoms. The fourth-order valence-corrected chi connectivity index (χ4v) is 2.11. The Bertz CT molecular complexity index is 461. The van der Waals surface area contributed by atoms with Crippen molar-refractivity contribution >= 4 is 5.97 Å². The maximum absolute atomic E-state index is 10.8. The first kappa shape index (κ1) is 13.7. The van der Waals surface area contributed by atoms with Gasteiger partial charge in [-0.3, -0.25) is 4.79 Å². The Morgan fingerprint density at radius 2 is 2.05 bits per heavy atom. The normalized spacial score (nSPS) is 15.3. The van der Waals surface area contributed by atoms with Crippen molar-refractivity contribution in [2.24, 2.45) is 5.92 Å².